The quantitative estimate of drug-likeness (QED) is 0.574. The fraction of sp³-hybridized carbons (Fsp3) is 0.400. The van der Waals surface area contributed by atoms with Crippen molar-refractivity contribution in [1.29, 1.82) is 0 Å². The van der Waals surface area contributed by atoms with Crippen molar-refractivity contribution in [1.82, 2.24) is 4.68 Å². The molecule has 0 aliphatic carbocycles. The second kappa shape index (κ2) is 4.52. The number of fused-ring (bicyclic) bond motifs is 3. The van der Waals surface area contributed by atoms with Crippen LogP contribution in [-0.2, 0) is 10.8 Å². The Morgan fingerprint density at radius 1 is 0.682 bits per heavy atom. The molecule has 0 saturated carbocycles. The molecule has 2 heteroatoms. The summed E-state index contributed by atoms with van der Waals surface area (Å²) in [5, 5.41) is 2.46. The smallest absolute Gasteiger partial charge is 0.0706 e. The van der Waals surface area contributed by atoms with E-state index in [1.165, 1.54) is 21.9 Å². The van der Waals surface area contributed by atoms with Crippen LogP contribution in [0.25, 0.3) is 21.8 Å². The lowest BCUT2D eigenvalue weighted by Crippen LogP contribution is -2.13. The third-order valence-corrected chi connectivity index (χ3v) is 4.54. The first-order valence-electron chi connectivity index (χ1n) is 7.93. The number of benzene rings is 2. The zero-order chi connectivity index (χ0) is 16.3. The molecule has 0 bridgehead atoms. The minimum Gasteiger partial charge on any atom is -0.339 e. The highest BCUT2D eigenvalue weighted by Gasteiger charge is 2.19. The largest absolute Gasteiger partial charge is 0.339 e. The highest BCUT2D eigenvalue weighted by Crippen LogP contribution is 2.34. The average Bonchev–Trinajstić information content (AvgIpc) is 2.70. The molecule has 3 aromatic rings. The maximum Gasteiger partial charge on any atom is 0.0706 e. The van der Waals surface area contributed by atoms with Gasteiger partial charge in [-0.1, -0.05) is 65.8 Å². The summed E-state index contributed by atoms with van der Waals surface area (Å²) in [4.78, 5) is 0. The topological polar surface area (TPSA) is 30.9 Å². The first-order chi connectivity index (χ1) is 10.1. The van der Waals surface area contributed by atoms with Gasteiger partial charge < -0.3 is 5.84 Å². The molecule has 2 nitrogen and oxygen atoms in total. The first-order valence-corrected chi connectivity index (χ1v) is 7.93. The van der Waals surface area contributed by atoms with Gasteiger partial charge in [0.25, 0.3) is 0 Å². The van der Waals surface area contributed by atoms with Gasteiger partial charge in [0.15, 0.2) is 0 Å². The molecule has 0 spiro atoms. The van der Waals surface area contributed by atoms with Gasteiger partial charge in [0.1, 0.15) is 0 Å². The van der Waals surface area contributed by atoms with Gasteiger partial charge in [-0.3, -0.25) is 4.68 Å². The molecule has 0 amide bonds. The van der Waals surface area contributed by atoms with E-state index in [1.807, 2.05) is 4.68 Å². The number of hydrogen-bond donors (Lipinski definition) is 1. The number of nitrogens with zero attached hydrogens (tertiary/aromatic N) is 1. The molecule has 22 heavy (non-hydrogen) atoms. The van der Waals surface area contributed by atoms with E-state index in [4.69, 9.17) is 5.84 Å². The zero-order valence-corrected chi connectivity index (χ0v) is 14.5. The Balaban J connectivity index is 2.33. The summed E-state index contributed by atoms with van der Waals surface area (Å²) >= 11 is 0. The van der Waals surface area contributed by atoms with Gasteiger partial charge in [-0.05, 0) is 34.1 Å². The maximum atomic E-state index is 6.42. The first kappa shape index (κ1) is 15.0. The molecular formula is C20H26N2. The minimum absolute atomic E-state index is 0.126. The number of aromatic nitrogens is 1. The van der Waals surface area contributed by atoms with Crippen LogP contribution in [0.3, 0.4) is 0 Å². The lowest BCUT2D eigenvalue weighted by atomic mass is 9.86. The third kappa shape index (κ3) is 2.27. The Kier molecular flexibility index (Phi) is 3.07. The number of nitrogens with two attached hydrogens (primary N) is 1. The second-order valence-corrected chi connectivity index (χ2v) is 8.33. The van der Waals surface area contributed by atoms with Crippen LogP contribution in [0.2, 0.25) is 0 Å². The number of hydrogen-bond acceptors (Lipinski definition) is 1. The fourth-order valence-corrected chi connectivity index (χ4v) is 2.98. The Hall–Kier alpha value is -1.96. The van der Waals surface area contributed by atoms with Crippen molar-refractivity contribution in [3.8, 4) is 0 Å². The van der Waals surface area contributed by atoms with Gasteiger partial charge in [-0.25, -0.2) is 0 Å². The summed E-state index contributed by atoms with van der Waals surface area (Å²) in [6.07, 6.45) is 0. The van der Waals surface area contributed by atoms with Gasteiger partial charge in [0.05, 0.1) is 11.0 Å². The Morgan fingerprint density at radius 2 is 1.05 bits per heavy atom. The lowest BCUT2D eigenvalue weighted by molar-refractivity contribution is 0.591. The van der Waals surface area contributed by atoms with Crippen LogP contribution >= 0.6 is 0 Å². The molecule has 2 N–H and O–H groups in total. The molecule has 116 valence electrons. The van der Waals surface area contributed by atoms with E-state index in [0.29, 0.717) is 0 Å². The lowest BCUT2D eigenvalue weighted by Gasteiger charge is -2.19. The zero-order valence-electron chi connectivity index (χ0n) is 14.5. The summed E-state index contributed by atoms with van der Waals surface area (Å²) in [7, 11) is 0. The van der Waals surface area contributed by atoms with Gasteiger partial charge in [0.2, 0.25) is 0 Å². The highest BCUT2D eigenvalue weighted by atomic mass is 15.3. The van der Waals surface area contributed by atoms with Gasteiger partial charge in [-0.15, -0.1) is 0 Å². The third-order valence-electron chi connectivity index (χ3n) is 4.54. The van der Waals surface area contributed by atoms with Crippen LogP contribution in [-0.4, -0.2) is 4.68 Å². The number of nitrogen functional groups attached to an aromatic ring is 1. The molecule has 1 aromatic heterocycles. The molecule has 0 saturated heterocycles. The highest BCUT2D eigenvalue weighted by molar-refractivity contribution is 6.08. The molecule has 0 unspecified atom stereocenters. The summed E-state index contributed by atoms with van der Waals surface area (Å²) in [5.74, 6) is 6.42. The SMILES string of the molecule is CC(C)(C)c1ccc2c3ccc(C(C)(C)C)cc3n(N)c2c1. The monoisotopic (exact) mass is 294 g/mol. The molecule has 0 aliphatic rings. The van der Waals surface area contributed by atoms with E-state index in [2.05, 4.69) is 77.9 Å². The second-order valence-electron chi connectivity index (χ2n) is 8.33. The normalized spacial score (nSPS) is 13.2. The molecule has 0 fully saturated rings. The van der Waals surface area contributed by atoms with E-state index < -0.39 is 0 Å². The molecule has 0 atom stereocenters. The van der Waals surface area contributed by atoms with E-state index in [9.17, 15) is 0 Å². The van der Waals surface area contributed by atoms with Crippen LogP contribution in [0.4, 0.5) is 0 Å². The van der Waals surface area contributed by atoms with Crippen LogP contribution in [0.15, 0.2) is 36.4 Å². The van der Waals surface area contributed by atoms with Gasteiger partial charge in [0, 0.05) is 10.8 Å². The van der Waals surface area contributed by atoms with Gasteiger partial charge in [-0.2, -0.15) is 0 Å². The van der Waals surface area contributed by atoms with Crippen LogP contribution in [0.5, 0.6) is 0 Å². The van der Waals surface area contributed by atoms with Crippen molar-refractivity contribution in [3.63, 3.8) is 0 Å². The predicted molar refractivity (Wildman–Crippen MR) is 97.0 cm³/mol. The van der Waals surface area contributed by atoms with Gasteiger partial charge >= 0.3 is 0 Å². The average molecular weight is 294 g/mol. The van der Waals surface area contributed by atoms with Crippen LogP contribution in [0, 0.1) is 0 Å². The minimum atomic E-state index is 0.126. The molecule has 1 heterocycles. The number of rotatable bonds is 0. The molecule has 0 radical (unpaired) electrons. The van der Waals surface area contributed by atoms with Crippen LogP contribution in [0.1, 0.15) is 52.7 Å². The maximum absolute atomic E-state index is 6.42. The Bertz CT molecular complexity index is 784. The summed E-state index contributed by atoms with van der Waals surface area (Å²) in [6, 6.07) is 13.3. The molecule has 2 aromatic carbocycles. The van der Waals surface area contributed by atoms with Crippen molar-refractivity contribution in [2.45, 2.75) is 52.4 Å². The van der Waals surface area contributed by atoms with E-state index >= 15 is 0 Å². The summed E-state index contributed by atoms with van der Waals surface area (Å²) < 4.78 is 1.84. The standard InChI is InChI=1S/C20H26N2/c1-19(2,3)13-7-9-15-16-10-8-14(20(4,5)6)12-18(16)22(21)17(15)11-13/h7-12H,21H2,1-6H3. The van der Waals surface area contributed by atoms with Crippen molar-refractivity contribution in [3.05, 3.63) is 47.5 Å². The van der Waals surface area contributed by atoms with E-state index in [0.717, 1.165) is 11.0 Å². The Labute approximate surface area is 132 Å². The fourth-order valence-electron chi connectivity index (χ4n) is 2.98. The Morgan fingerprint density at radius 3 is 1.36 bits per heavy atom. The summed E-state index contributed by atoms with van der Waals surface area (Å²) in [5.41, 5.74) is 5.08. The molecular weight excluding hydrogens is 268 g/mol. The predicted octanol–water partition coefficient (Wildman–Crippen LogP) is 5.10. The van der Waals surface area contributed by atoms with Crippen molar-refractivity contribution >= 4 is 21.8 Å². The molecule has 0 aliphatic heterocycles. The molecule has 3 rings (SSSR count). The van der Waals surface area contributed by atoms with Crippen molar-refractivity contribution in [2.24, 2.45) is 0 Å². The van der Waals surface area contributed by atoms with E-state index in [-0.39, 0.29) is 10.8 Å². The van der Waals surface area contributed by atoms with E-state index in [1.54, 1.807) is 0 Å². The van der Waals surface area contributed by atoms with Crippen molar-refractivity contribution in [2.75, 3.05) is 5.84 Å². The van der Waals surface area contributed by atoms with Crippen molar-refractivity contribution < 1.29 is 0 Å². The van der Waals surface area contributed by atoms with Crippen LogP contribution < -0.4 is 5.84 Å². The summed E-state index contributed by atoms with van der Waals surface area (Å²) in [6.45, 7) is 13.4.